The monoisotopic (exact) mass is 598 g/mol. The van der Waals surface area contributed by atoms with Crippen molar-refractivity contribution in [3.05, 3.63) is 52.3 Å². The molecule has 2 fully saturated rings. The summed E-state index contributed by atoms with van der Waals surface area (Å²) >= 11 is 3.48. The minimum atomic E-state index is -0.549. The van der Waals surface area contributed by atoms with Crippen molar-refractivity contribution in [1.82, 2.24) is 30.4 Å². The molecule has 1 atom stereocenters. The van der Waals surface area contributed by atoms with Gasteiger partial charge in [0.1, 0.15) is 5.60 Å². The molecule has 2 amide bonds. The van der Waals surface area contributed by atoms with Crippen LogP contribution in [0, 0.1) is 0 Å². The number of aromatic amines is 1. The van der Waals surface area contributed by atoms with Gasteiger partial charge in [0.2, 0.25) is 5.95 Å². The maximum atomic E-state index is 12.8. The Kier molecular flexibility index (Phi) is 8.43. The van der Waals surface area contributed by atoms with Crippen molar-refractivity contribution < 1.29 is 14.3 Å². The van der Waals surface area contributed by atoms with Gasteiger partial charge in [-0.25, -0.2) is 9.78 Å². The Morgan fingerprint density at radius 3 is 2.56 bits per heavy atom. The van der Waals surface area contributed by atoms with E-state index in [9.17, 15) is 9.59 Å². The molecule has 12 heteroatoms. The third-order valence-electron chi connectivity index (χ3n) is 6.18. The Morgan fingerprint density at radius 2 is 1.87 bits per heavy atom. The lowest BCUT2D eigenvalue weighted by Crippen LogP contribution is -2.40. The number of nitrogens with zero attached hydrogens (tertiary/aromatic N) is 4. The highest BCUT2D eigenvalue weighted by Gasteiger charge is 2.30. The number of amides is 2. The first kappa shape index (κ1) is 28.3. The van der Waals surface area contributed by atoms with Crippen molar-refractivity contribution in [2.24, 2.45) is 0 Å². The van der Waals surface area contributed by atoms with Gasteiger partial charge in [-0.3, -0.25) is 9.89 Å². The summed E-state index contributed by atoms with van der Waals surface area (Å²) in [6, 6.07) is 8.95. The van der Waals surface area contributed by atoms with Gasteiger partial charge < -0.3 is 25.6 Å². The highest BCUT2D eigenvalue weighted by atomic mass is 79.9. The molecular formula is C27H35BrN8O3. The van der Waals surface area contributed by atoms with Crippen molar-refractivity contribution in [3.8, 4) is 0 Å². The highest BCUT2D eigenvalue weighted by molar-refractivity contribution is 9.10. The molecule has 0 spiro atoms. The lowest BCUT2D eigenvalue weighted by Gasteiger charge is -2.24. The molecule has 11 nitrogen and oxygen atoms in total. The number of anilines is 4. The zero-order valence-corrected chi connectivity index (χ0v) is 23.1. The number of hydrogen-bond donors (Lipinski definition) is 4. The van der Waals surface area contributed by atoms with E-state index in [0.29, 0.717) is 53.0 Å². The number of hydrogen-bond acceptors (Lipinski definition) is 8. The number of nitrogens with one attached hydrogen (secondary N) is 4. The smallest absolute Gasteiger partial charge is 0.410 e. The Hall–Kier alpha value is -3.67. The standard InChI is InChI=1S/C26H31BrN8O3.CH4/c1-26(2,3)38-25(37)35-11-10-18(14-35)29-23(36)16-6-8-17(9-7-16)30-24-28-13-19(27)22(32-24)31-21-12-20(33-34-21)15-4-5-15;/h6-9,12-13,15,18H,4-5,10-11,14H2,1-3H3,(H,29,36)(H3,28,30,31,32,33,34);1H4/t18-;/m1./s1. The van der Waals surface area contributed by atoms with E-state index in [-0.39, 0.29) is 25.5 Å². The number of halogens is 1. The van der Waals surface area contributed by atoms with E-state index in [1.165, 1.54) is 12.8 Å². The lowest BCUT2D eigenvalue weighted by molar-refractivity contribution is 0.0290. The van der Waals surface area contributed by atoms with Crippen LogP contribution in [0.1, 0.15) is 69.4 Å². The first-order valence-electron chi connectivity index (χ1n) is 12.6. The third-order valence-corrected chi connectivity index (χ3v) is 6.76. The number of ether oxygens (including phenoxy) is 1. The molecule has 3 aromatic rings. The average Bonchev–Trinajstić information content (AvgIpc) is 3.42. The van der Waals surface area contributed by atoms with Gasteiger partial charge in [0.15, 0.2) is 11.6 Å². The number of benzene rings is 1. The minimum absolute atomic E-state index is 0. The summed E-state index contributed by atoms with van der Waals surface area (Å²) in [5.74, 6) is 2.08. The molecule has 3 heterocycles. The number of carbonyl (C=O) groups excluding carboxylic acids is 2. The lowest BCUT2D eigenvalue weighted by atomic mass is 10.1. The molecule has 2 aromatic heterocycles. The van der Waals surface area contributed by atoms with Gasteiger partial charge in [0.05, 0.1) is 4.47 Å². The van der Waals surface area contributed by atoms with Crippen molar-refractivity contribution >= 4 is 51.2 Å². The van der Waals surface area contributed by atoms with Gasteiger partial charge in [-0.1, -0.05) is 7.43 Å². The van der Waals surface area contributed by atoms with Crippen LogP contribution in [-0.4, -0.2) is 61.8 Å². The quantitative estimate of drug-likeness (QED) is 0.272. The molecule has 1 aliphatic heterocycles. The summed E-state index contributed by atoms with van der Waals surface area (Å²) in [5.41, 5.74) is 1.85. The van der Waals surface area contributed by atoms with Crippen LogP contribution >= 0.6 is 15.9 Å². The number of carbonyl (C=O) groups is 2. The zero-order valence-electron chi connectivity index (χ0n) is 21.5. The molecule has 1 saturated carbocycles. The van der Waals surface area contributed by atoms with E-state index >= 15 is 0 Å². The second-order valence-electron chi connectivity index (χ2n) is 10.6. The summed E-state index contributed by atoms with van der Waals surface area (Å²) in [5, 5.41) is 16.8. The van der Waals surface area contributed by atoms with Crippen molar-refractivity contribution in [3.63, 3.8) is 0 Å². The van der Waals surface area contributed by atoms with Crippen molar-refractivity contribution in [1.29, 1.82) is 0 Å². The maximum Gasteiger partial charge on any atom is 0.410 e. The topological polar surface area (TPSA) is 137 Å². The summed E-state index contributed by atoms with van der Waals surface area (Å²) in [4.78, 5) is 35.5. The van der Waals surface area contributed by atoms with Gasteiger partial charge >= 0.3 is 6.09 Å². The summed E-state index contributed by atoms with van der Waals surface area (Å²) in [7, 11) is 0. The van der Waals surface area contributed by atoms with Crippen LogP contribution in [-0.2, 0) is 4.74 Å². The average molecular weight is 600 g/mol. The molecule has 0 unspecified atom stereocenters. The molecular weight excluding hydrogens is 564 g/mol. The molecule has 2 aliphatic rings. The van der Waals surface area contributed by atoms with E-state index in [1.807, 2.05) is 26.8 Å². The molecule has 4 N–H and O–H groups in total. The fourth-order valence-corrected chi connectivity index (χ4v) is 4.40. The van der Waals surface area contributed by atoms with Crippen LogP contribution in [0.5, 0.6) is 0 Å². The fraction of sp³-hybridized carbons (Fsp3) is 0.444. The number of rotatable bonds is 7. The molecule has 39 heavy (non-hydrogen) atoms. The largest absolute Gasteiger partial charge is 0.444 e. The minimum Gasteiger partial charge on any atom is -0.444 e. The summed E-state index contributed by atoms with van der Waals surface area (Å²) < 4.78 is 6.13. The van der Waals surface area contributed by atoms with Crippen molar-refractivity contribution in [2.75, 3.05) is 23.7 Å². The number of likely N-dealkylation sites (tertiary alicyclic amines) is 1. The second kappa shape index (κ2) is 11.6. The first-order valence-corrected chi connectivity index (χ1v) is 13.4. The van der Waals surface area contributed by atoms with Crippen molar-refractivity contribution in [2.45, 2.75) is 65.0 Å². The van der Waals surface area contributed by atoms with Crippen LogP contribution in [0.15, 0.2) is 41.0 Å². The second-order valence-corrected chi connectivity index (χ2v) is 11.4. The molecule has 1 saturated heterocycles. The van der Waals surface area contributed by atoms with Gasteiger partial charge in [-0.05, 0) is 80.2 Å². The Bertz CT molecular complexity index is 1320. The molecule has 0 radical (unpaired) electrons. The SMILES string of the molecule is C.CC(C)(C)OC(=O)N1CC[C@@H](NC(=O)c2ccc(Nc3ncc(Br)c(Nc4cc(C5CC5)[nH]n4)n3)cc2)C1. The van der Waals surface area contributed by atoms with Gasteiger partial charge in [0.25, 0.3) is 5.91 Å². The van der Waals surface area contributed by atoms with E-state index in [2.05, 4.69) is 52.0 Å². The molecule has 5 rings (SSSR count). The maximum absolute atomic E-state index is 12.8. The van der Waals surface area contributed by atoms with E-state index in [4.69, 9.17) is 4.74 Å². The zero-order chi connectivity index (χ0) is 26.9. The Balaban J connectivity index is 0.00000353. The number of H-pyrrole nitrogens is 1. The Morgan fingerprint density at radius 1 is 1.13 bits per heavy atom. The van der Waals surface area contributed by atoms with Gasteiger partial charge in [-0.15, -0.1) is 0 Å². The normalized spacial score (nSPS) is 16.8. The van der Waals surface area contributed by atoms with E-state index in [1.54, 1.807) is 35.4 Å². The van der Waals surface area contributed by atoms with Gasteiger partial charge in [0, 0.05) is 54.3 Å². The van der Waals surface area contributed by atoms with Crippen LogP contribution in [0.4, 0.5) is 28.1 Å². The van der Waals surface area contributed by atoms with E-state index in [0.717, 1.165) is 11.4 Å². The van der Waals surface area contributed by atoms with Crippen LogP contribution in [0.3, 0.4) is 0 Å². The van der Waals surface area contributed by atoms with E-state index < -0.39 is 5.60 Å². The van der Waals surface area contributed by atoms with Gasteiger partial charge in [-0.2, -0.15) is 10.1 Å². The number of aromatic nitrogens is 4. The summed E-state index contributed by atoms with van der Waals surface area (Å²) in [6.07, 6.45) is 4.38. The first-order chi connectivity index (χ1) is 18.1. The molecule has 1 aliphatic carbocycles. The van der Waals surface area contributed by atoms with Crippen LogP contribution < -0.4 is 16.0 Å². The van der Waals surface area contributed by atoms with Crippen LogP contribution in [0.25, 0.3) is 0 Å². The molecule has 1 aromatic carbocycles. The molecule has 0 bridgehead atoms. The predicted octanol–water partition coefficient (Wildman–Crippen LogP) is 5.70. The highest BCUT2D eigenvalue weighted by Crippen LogP contribution is 2.39. The Labute approximate surface area is 236 Å². The third kappa shape index (κ3) is 7.47. The fourth-order valence-electron chi connectivity index (χ4n) is 4.11. The summed E-state index contributed by atoms with van der Waals surface area (Å²) in [6.45, 7) is 6.49. The predicted molar refractivity (Wildman–Crippen MR) is 154 cm³/mol. The van der Waals surface area contributed by atoms with Crippen LogP contribution in [0.2, 0.25) is 0 Å². The molecule has 208 valence electrons.